The zero-order chi connectivity index (χ0) is 15.5. The molecule has 1 fully saturated rings. The number of rotatable bonds is 2. The normalized spacial score (nSPS) is 18.3. The Morgan fingerprint density at radius 3 is 2.50 bits per heavy atom. The highest BCUT2D eigenvalue weighted by atomic mass is 79.9. The number of carbonyl (C=O) groups is 1. The molecule has 0 N–H and O–H groups in total. The van der Waals surface area contributed by atoms with Crippen LogP contribution in [0.3, 0.4) is 0 Å². The molecule has 4 heteroatoms. The average Bonchev–Trinajstić information content (AvgIpc) is 2.56. The maximum atomic E-state index is 12.6. The van der Waals surface area contributed by atoms with Gasteiger partial charge in [-0.15, -0.1) is 0 Å². The van der Waals surface area contributed by atoms with Crippen molar-refractivity contribution in [2.45, 2.75) is 13.0 Å². The molecule has 3 rings (SSSR count). The van der Waals surface area contributed by atoms with Gasteiger partial charge < -0.3 is 9.64 Å². The van der Waals surface area contributed by atoms with Crippen molar-refractivity contribution in [3.8, 4) is 0 Å². The zero-order valence-electron chi connectivity index (χ0n) is 12.5. The van der Waals surface area contributed by atoms with Gasteiger partial charge in [0, 0.05) is 16.6 Å². The molecular weight excluding hydrogens is 342 g/mol. The van der Waals surface area contributed by atoms with Crippen molar-refractivity contribution in [2.24, 2.45) is 0 Å². The number of carbonyl (C=O) groups excluding carboxylic acids is 1. The smallest absolute Gasteiger partial charge is 0.254 e. The van der Waals surface area contributed by atoms with Gasteiger partial charge in [0.05, 0.1) is 13.2 Å². The van der Waals surface area contributed by atoms with Gasteiger partial charge in [0.25, 0.3) is 5.91 Å². The maximum absolute atomic E-state index is 12.6. The summed E-state index contributed by atoms with van der Waals surface area (Å²) in [6, 6.07) is 15.8. The molecule has 2 aromatic rings. The molecule has 1 heterocycles. The molecule has 1 saturated heterocycles. The first-order valence-corrected chi connectivity index (χ1v) is 8.16. The first-order valence-electron chi connectivity index (χ1n) is 7.36. The highest BCUT2D eigenvalue weighted by molar-refractivity contribution is 9.10. The predicted octanol–water partition coefficient (Wildman–Crippen LogP) is 3.97. The van der Waals surface area contributed by atoms with Crippen LogP contribution in [0, 0.1) is 6.92 Å². The number of morpholine rings is 1. The number of amides is 1. The Hall–Kier alpha value is -1.65. The Labute approximate surface area is 139 Å². The zero-order valence-corrected chi connectivity index (χ0v) is 14.0. The summed E-state index contributed by atoms with van der Waals surface area (Å²) in [6.07, 6.45) is -0.0475. The number of benzene rings is 2. The summed E-state index contributed by atoms with van der Waals surface area (Å²) >= 11 is 3.39. The summed E-state index contributed by atoms with van der Waals surface area (Å²) < 4.78 is 6.81. The molecule has 22 heavy (non-hydrogen) atoms. The van der Waals surface area contributed by atoms with Crippen LogP contribution < -0.4 is 0 Å². The number of hydrogen-bond acceptors (Lipinski definition) is 2. The second-order valence-electron chi connectivity index (χ2n) is 5.53. The lowest BCUT2D eigenvalue weighted by Crippen LogP contribution is -2.42. The van der Waals surface area contributed by atoms with Crippen molar-refractivity contribution < 1.29 is 9.53 Å². The van der Waals surface area contributed by atoms with Gasteiger partial charge >= 0.3 is 0 Å². The average molecular weight is 360 g/mol. The van der Waals surface area contributed by atoms with Crippen LogP contribution in [0.25, 0.3) is 0 Å². The molecule has 1 atom stereocenters. The van der Waals surface area contributed by atoms with E-state index < -0.39 is 0 Å². The lowest BCUT2D eigenvalue weighted by Gasteiger charge is -2.33. The molecular formula is C18H18BrNO2. The molecule has 2 aromatic carbocycles. The maximum Gasteiger partial charge on any atom is 0.254 e. The van der Waals surface area contributed by atoms with Gasteiger partial charge in [0.1, 0.15) is 6.10 Å². The van der Waals surface area contributed by atoms with Crippen LogP contribution in [-0.2, 0) is 4.74 Å². The van der Waals surface area contributed by atoms with E-state index in [9.17, 15) is 4.79 Å². The molecule has 0 spiro atoms. The molecule has 0 aromatic heterocycles. The van der Waals surface area contributed by atoms with E-state index in [2.05, 4.69) is 47.1 Å². The topological polar surface area (TPSA) is 29.5 Å². The Kier molecular flexibility index (Phi) is 4.60. The van der Waals surface area contributed by atoms with Gasteiger partial charge in [0.2, 0.25) is 0 Å². The lowest BCUT2D eigenvalue weighted by atomic mass is 10.1. The largest absolute Gasteiger partial charge is 0.370 e. The van der Waals surface area contributed by atoms with Crippen LogP contribution >= 0.6 is 15.9 Å². The summed E-state index contributed by atoms with van der Waals surface area (Å²) in [6.45, 7) is 3.87. The third-order valence-electron chi connectivity index (χ3n) is 3.89. The summed E-state index contributed by atoms with van der Waals surface area (Å²) in [4.78, 5) is 14.5. The molecule has 1 aliphatic heterocycles. The molecule has 0 saturated carbocycles. The molecule has 1 unspecified atom stereocenters. The fourth-order valence-corrected chi connectivity index (χ4v) is 2.86. The predicted molar refractivity (Wildman–Crippen MR) is 89.9 cm³/mol. The molecule has 0 aliphatic carbocycles. The van der Waals surface area contributed by atoms with Crippen molar-refractivity contribution in [3.63, 3.8) is 0 Å². The number of ether oxygens (including phenoxy) is 1. The van der Waals surface area contributed by atoms with Gasteiger partial charge in [-0.1, -0.05) is 45.8 Å². The molecule has 3 nitrogen and oxygen atoms in total. The Morgan fingerprint density at radius 1 is 1.14 bits per heavy atom. The highest BCUT2D eigenvalue weighted by Gasteiger charge is 2.26. The summed E-state index contributed by atoms with van der Waals surface area (Å²) in [7, 11) is 0. The lowest BCUT2D eigenvalue weighted by molar-refractivity contribution is -0.0228. The van der Waals surface area contributed by atoms with Gasteiger partial charge in [-0.25, -0.2) is 0 Å². The monoisotopic (exact) mass is 359 g/mol. The first kappa shape index (κ1) is 15.3. The highest BCUT2D eigenvalue weighted by Crippen LogP contribution is 2.24. The van der Waals surface area contributed by atoms with Crippen LogP contribution in [0.2, 0.25) is 0 Å². The fraction of sp³-hybridized carbons (Fsp3) is 0.278. The number of nitrogens with zero attached hydrogens (tertiary/aromatic N) is 1. The molecule has 0 radical (unpaired) electrons. The van der Waals surface area contributed by atoms with Crippen LogP contribution in [0.4, 0.5) is 0 Å². The summed E-state index contributed by atoms with van der Waals surface area (Å²) in [5, 5.41) is 0. The molecule has 114 valence electrons. The van der Waals surface area contributed by atoms with E-state index in [-0.39, 0.29) is 12.0 Å². The van der Waals surface area contributed by atoms with Crippen molar-refractivity contribution in [2.75, 3.05) is 19.7 Å². The number of hydrogen-bond donors (Lipinski definition) is 0. The van der Waals surface area contributed by atoms with Crippen LogP contribution in [-0.4, -0.2) is 30.5 Å². The molecule has 1 amide bonds. The minimum Gasteiger partial charge on any atom is -0.370 e. The second-order valence-corrected chi connectivity index (χ2v) is 6.44. The van der Waals surface area contributed by atoms with E-state index in [0.29, 0.717) is 25.3 Å². The van der Waals surface area contributed by atoms with E-state index in [1.165, 1.54) is 5.56 Å². The third-order valence-corrected chi connectivity index (χ3v) is 4.42. The quantitative estimate of drug-likeness (QED) is 0.811. The van der Waals surface area contributed by atoms with Crippen molar-refractivity contribution in [1.82, 2.24) is 4.90 Å². The van der Waals surface area contributed by atoms with E-state index in [1.54, 1.807) is 0 Å². The van der Waals surface area contributed by atoms with E-state index in [0.717, 1.165) is 10.0 Å². The van der Waals surface area contributed by atoms with E-state index in [1.807, 2.05) is 29.2 Å². The van der Waals surface area contributed by atoms with Crippen molar-refractivity contribution in [1.29, 1.82) is 0 Å². The third kappa shape index (κ3) is 3.39. The van der Waals surface area contributed by atoms with E-state index >= 15 is 0 Å². The fourth-order valence-electron chi connectivity index (χ4n) is 2.59. The minimum atomic E-state index is -0.0475. The Balaban J connectivity index is 1.73. The van der Waals surface area contributed by atoms with Gasteiger partial charge in [0.15, 0.2) is 0 Å². The first-order chi connectivity index (χ1) is 10.6. The Morgan fingerprint density at radius 2 is 1.82 bits per heavy atom. The number of halogens is 1. The van der Waals surface area contributed by atoms with Gasteiger partial charge in [-0.3, -0.25) is 4.79 Å². The molecule has 1 aliphatic rings. The summed E-state index contributed by atoms with van der Waals surface area (Å²) in [5.74, 6) is 0.0629. The number of aryl methyl sites for hydroxylation is 1. The Bertz CT molecular complexity index is 652. The standard InChI is InChI=1S/C18H18BrNO2/c1-13-2-4-14(5-3-13)17-12-20(10-11-22-17)18(21)15-6-8-16(19)9-7-15/h2-9,17H,10-12H2,1H3. The second kappa shape index (κ2) is 6.63. The molecule has 0 bridgehead atoms. The van der Waals surface area contributed by atoms with Crippen LogP contribution in [0.5, 0.6) is 0 Å². The van der Waals surface area contributed by atoms with Gasteiger partial charge in [-0.05, 0) is 36.8 Å². The van der Waals surface area contributed by atoms with Gasteiger partial charge in [-0.2, -0.15) is 0 Å². The summed E-state index contributed by atoms with van der Waals surface area (Å²) in [5.41, 5.74) is 3.06. The van der Waals surface area contributed by atoms with Crippen molar-refractivity contribution in [3.05, 3.63) is 69.7 Å². The van der Waals surface area contributed by atoms with E-state index in [4.69, 9.17) is 4.74 Å². The minimum absolute atomic E-state index is 0.0475. The van der Waals surface area contributed by atoms with Crippen LogP contribution in [0.1, 0.15) is 27.6 Å². The SMILES string of the molecule is Cc1ccc(C2CN(C(=O)c3ccc(Br)cc3)CCO2)cc1. The van der Waals surface area contributed by atoms with Crippen LogP contribution in [0.15, 0.2) is 53.0 Å². The van der Waals surface area contributed by atoms with Crippen molar-refractivity contribution >= 4 is 21.8 Å².